The van der Waals surface area contributed by atoms with Crippen molar-refractivity contribution in [1.29, 1.82) is 0 Å². The second-order valence-electron chi connectivity index (χ2n) is 6.90. The smallest absolute Gasteiger partial charge is 0.387 e. The summed E-state index contributed by atoms with van der Waals surface area (Å²) in [4.78, 5) is 27.7. The van der Waals surface area contributed by atoms with Gasteiger partial charge < -0.3 is 5.11 Å². The van der Waals surface area contributed by atoms with Gasteiger partial charge in [-0.05, 0) is 23.8 Å². The molecular formula is C22H14F2N2O4S. The van der Waals surface area contributed by atoms with E-state index >= 15 is 0 Å². The van der Waals surface area contributed by atoms with E-state index in [1.54, 1.807) is 41.8 Å². The molecule has 6 nitrogen and oxygen atoms in total. The molecule has 1 heterocycles. The Kier molecular flexibility index (Phi) is 5.20. The average molecular weight is 440 g/mol. The number of carboxylic acids is 1. The van der Waals surface area contributed by atoms with Crippen LogP contribution in [0.4, 0.5) is 8.78 Å². The van der Waals surface area contributed by atoms with E-state index in [0.717, 1.165) is 29.5 Å². The van der Waals surface area contributed by atoms with Gasteiger partial charge in [-0.25, -0.2) is 18.6 Å². The van der Waals surface area contributed by atoms with Gasteiger partial charge in [0.25, 0.3) is 0 Å². The van der Waals surface area contributed by atoms with Crippen LogP contribution in [0.25, 0.3) is 16.8 Å². The Labute approximate surface area is 179 Å². The van der Waals surface area contributed by atoms with Crippen molar-refractivity contribution in [2.45, 2.75) is 11.5 Å². The van der Waals surface area contributed by atoms with E-state index in [0.29, 0.717) is 21.8 Å². The normalized spacial score (nSPS) is 20.3. The van der Waals surface area contributed by atoms with Crippen LogP contribution in [0.15, 0.2) is 72.1 Å². The first-order chi connectivity index (χ1) is 14.8. The molecule has 0 amide bonds. The molecule has 1 aliphatic carbocycles. The Bertz CT molecular complexity index is 1220. The fraction of sp³-hybridized carbons (Fsp3) is 0.0909. The van der Waals surface area contributed by atoms with Crippen LogP contribution in [0.5, 0.6) is 0 Å². The molecule has 0 fully saturated rings. The lowest BCUT2D eigenvalue weighted by molar-refractivity contribution is -0.543. The Hall–Kier alpha value is -3.72. The number of nitro groups is 1. The van der Waals surface area contributed by atoms with E-state index in [-0.39, 0.29) is 5.57 Å². The van der Waals surface area contributed by atoms with Crippen LogP contribution in [0.3, 0.4) is 0 Å². The molecule has 3 aromatic rings. The minimum atomic E-state index is -2.42. The standard InChI is InChI=1S/C22H14F2N2O4S/c23-17-9-7-14(10-18(17)24)19-12-31-20(25-19)15-6-8-16(13-4-2-1-3-5-13)22(11-15,21(27)28)26(29)30/h1-12,16H,(H,27,28). The van der Waals surface area contributed by atoms with Crippen LogP contribution in [-0.2, 0) is 4.79 Å². The third-order valence-corrected chi connectivity index (χ3v) is 5.98. The van der Waals surface area contributed by atoms with E-state index in [4.69, 9.17) is 0 Å². The highest BCUT2D eigenvalue weighted by atomic mass is 32.1. The number of carboxylic acid groups (broad SMARTS) is 1. The fourth-order valence-corrected chi connectivity index (χ4v) is 4.34. The summed E-state index contributed by atoms with van der Waals surface area (Å²) in [7, 11) is 0. The van der Waals surface area contributed by atoms with Gasteiger partial charge in [0, 0.05) is 27.5 Å². The molecule has 0 saturated heterocycles. The SMILES string of the molecule is O=C(O)C1([N+](=O)[O-])C=C(c2nc(-c3ccc(F)c(F)c3)cs2)C=CC1c1ccccc1. The molecule has 0 spiro atoms. The highest BCUT2D eigenvalue weighted by molar-refractivity contribution is 7.11. The first-order valence-electron chi connectivity index (χ1n) is 9.08. The van der Waals surface area contributed by atoms with Gasteiger partial charge in [-0.15, -0.1) is 11.3 Å². The number of hydrogen-bond donors (Lipinski definition) is 1. The number of thiazole rings is 1. The summed E-state index contributed by atoms with van der Waals surface area (Å²) in [5.74, 6) is -4.62. The molecule has 0 bridgehead atoms. The highest BCUT2D eigenvalue weighted by Gasteiger charge is 2.57. The number of halogens is 2. The second-order valence-corrected chi connectivity index (χ2v) is 7.76. The molecule has 4 rings (SSSR count). The van der Waals surface area contributed by atoms with Gasteiger partial charge in [-0.3, -0.25) is 10.1 Å². The first kappa shape index (κ1) is 20.5. The monoisotopic (exact) mass is 440 g/mol. The zero-order valence-corrected chi connectivity index (χ0v) is 16.6. The predicted octanol–water partition coefficient (Wildman–Crippen LogP) is 4.93. The van der Waals surface area contributed by atoms with Crippen LogP contribution in [0.1, 0.15) is 16.5 Å². The van der Waals surface area contributed by atoms with Crippen molar-refractivity contribution in [2.75, 3.05) is 0 Å². The van der Waals surface area contributed by atoms with Gasteiger partial charge in [0.05, 0.1) is 11.6 Å². The van der Waals surface area contributed by atoms with Gasteiger partial charge in [-0.1, -0.05) is 42.5 Å². The molecule has 1 N–H and O–H groups in total. The maximum atomic E-state index is 13.5. The number of carbonyl (C=O) groups is 1. The fourth-order valence-electron chi connectivity index (χ4n) is 3.51. The molecule has 0 aliphatic heterocycles. The maximum Gasteiger partial charge on any atom is 0.387 e. The third-order valence-electron chi connectivity index (χ3n) is 5.09. The van der Waals surface area contributed by atoms with Gasteiger partial charge in [0.1, 0.15) is 5.01 Å². The van der Waals surface area contributed by atoms with Crippen molar-refractivity contribution in [3.05, 3.63) is 104 Å². The Morgan fingerprint density at radius 2 is 1.90 bits per heavy atom. The molecule has 2 unspecified atom stereocenters. The van der Waals surface area contributed by atoms with Crippen LogP contribution in [-0.4, -0.2) is 26.5 Å². The highest BCUT2D eigenvalue weighted by Crippen LogP contribution is 2.41. The largest absolute Gasteiger partial charge is 0.476 e. The molecule has 1 aromatic heterocycles. The molecule has 0 radical (unpaired) electrons. The number of aliphatic carboxylic acids is 1. The molecule has 31 heavy (non-hydrogen) atoms. The maximum absolute atomic E-state index is 13.5. The topological polar surface area (TPSA) is 93.3 Å². The second kappa shape index (κ2) is 7.84. The van der Waals surface area contributed by atoms with Gasteiger partial charge in [0.2, 0.25) is 0 Å². The molecule has 156 valence electrons. The minimum absolute atomic E-state index is 0.269. The third kappa shape index (κ3) is 3.53. The molecular weight excluding hydrogens is 426 g/mol. The summed E-state index contributed by atoms with van der Waals surface area (Å²) in [5, 5.41) is 23.8. The van der Waals surface area contributed by atoms with Crippen LogP contribution in [0.2, 0.25) is 0 Å². The minimum Gasteiger partial charge on any atom is -0.476 e. The van der Waals surface area contributed by atoms with Crippen molar-refractivity contribution >= 4 is 22.9 Å². The molecule has 2 aromatic carbocycles. The van der Waals surface area contributed by atoms with Gasteiger partial charge in [0.15, 0.2) is 11.6 Å². The van der Waals surface area contributed by atoms with E-state index in [1.165, 1.54) is 12.1 Å². The lowest BCUT2D eigenvalue weighted by Crippen LogP contribution is -2.50. The number of aromatic nitrogens is 1. The molecule has 2 atom stereocenters. The number of nitrogens with zero attached hydrogens (tertiary/aromatic N) is 2. The van der Waals surface area contributed by atoms with Crippen LogP contribution < -0.4 is 0 Å². The molecule has 1 aliphatic rings. The van der Waals surface area contributed by atoms with E-state index < -0.39 is 34.0 Å². The first-order valence-corrected chi connectivity index (χ1v) is 9.96. The van der Waals surface area contributed by atoms with Crippen LogP contribution in [0, 0.1) is 21.7 Å². The summed E-state index contributed by atoms with van der Waals surface area (Å²) < 4.78 is 26.7. The zero-order chi connectivity index (χ0) is 22.2. The summed E-state index contributed by atoms with van der Waals surface area (Å²) in [6.45, 7) is 0. The van der Waals surface area contributed by atoms with Crippen molar-refractivity contribution < 1.29 is 23.6 Å². The Balaban J connectivity index is 1.78. The lowest BCUT2D eigenvalue weighted by atomic mass is 9.75. The number of hydrogen-bond acceptors (Lipinski definition) is 5. The van der Waals surface area contributed by atoms with E-state index in [9.17, 15) is 28.8 Å². The van der Waals surface area contributed by atoms with Crippen molar-refractivity contribution in [3.63, 3.8) is 0 Å². The average Bonchev–Trinajstić information content (AvgIpc) is 3.26. The molecule has 9 heteroatoms. The summed E-state index contributed by atoms with van der Waals surface area (Å²) in [6, 6.07) is 11.7. The number of benzene rings is 2. The van der Waals surface area contributed by atoms with Crippen molar-refractivity contribution in [1.82, 2.24) is 4.98 Å². The Morgan fingerprint density at radius 1 is 1.16 bits per heavy atom. The summed E-state index contributed by atoms with van der Waals surface area (Å²) in [5.41, 5.74) is -0.970. The zero-order valence-electron chi connectivity index (χ0n) is 15.7. The molecule has 0 saturated carbocycles. The van der Waals surface area contributed by atoms with Crippen molar-refractivity contribution in [3.8, 4) is 11.3 Å². The quantitative estimate of drug-likeness (QED) is 0.449. The number of allylic oxidation sites excluding steroid dienone is 2. The summed E-state index contributed by atoms with van der Waals surface area (Å²) >= 11 is 1.12. The van der Waals surface area contributed by atoms with Gasteiger partial charge in [-0.2, -0.15) is 0 Å². The lowest BCUT2D eigenvalue weighted by Gasteiger charge is -2.28. The van der Waals surface area contributed by atoms with Gasteiger partial charge >= 0.3 is 11.5 Å². The van der Waals surface area contributed by atoms with Crippen molar-refractivity contribution in [2.24, 2.45) is 0 Å². The van der Waals surface area contributed by atoms with Crippen LogP contribution >= 0.6 is 11.3 Å². The van der Waals surface area contributed by atoms with E-state index in [2.05, 4.69) is 4.98 Å². The predicted molar refractivity (Wildman–Crippen MR) is 111 cm³/mol. The Morgan fingerprint density at radius 3 is 2.55 bits per heavy atom. The summed E-state index contributed by atoms with van der Waals surface area (Å²) in [6.07, 6.45) is 4.18. The van der Waals surface area contributed by atoms with E-state index in [1.807, 2.05) is 0 Å². The number of rotatable bonds is 5.